The molecule has 0 bridgehead atoms. The van der Waals surface area contributed by atoms with Gasteiger partial charge in [0.1, 0.15) is 17.2 Å². The lowest BCUT2D eigenvalue weighted by Crippen LogP contribution is -2.45. The second-order valence-corrected chi connectivity index (χ2v) is 8.18. The van der Waals surface area contributed by atoms with Crippen LogP contribution in [-0.2, 0) is 17.9 Å². The van der Waals surface area contributed by atoms with Crippen molar-refractivity contribution >= 4 is 11.8 Å². The van der Waals surface area contributed by atoms with Gasteiger partial charge in [-0.05, 0) is 61.9 Å². The highest BCUT2D eigenvalue weighted by Gasteiger charge is 2.28. The lowest BCUT2D eigenvalue weighted by molar-refractivity contribution is -0.122. The van der Waals surface area contributed by atoms with Gasteiger partial charge in [-0.25, -0.2) is 0 Å². The van der Waals surface area contributed by atoms with Gasteiger partial charge in [0.15, 0.2) is 0 Å². The third-order valence-corrected chi connectivity index (χ3v) is 5.37. The Labute approximate surface area is 193 Å². The molecule has 33 heavy (non-hydrogen) atoms. The zero-order valence-electron chi connectivity index (χ0n) is 19.1. The number of carbonyl (C=O) groups is 2. The van der Waals surface area contributed by atoms with Crippen molar-refractivity contribution in [3.8, 4) is 22.8 Å². The summed E-state index contributed by atoms with van der Waals surface area (Å²) in [5, 5.41) is 7.44. The van der Waals surface area contributed by atoms with Gasteiger partial charge in [-0.15, -0.1) is 0 Å². The van der Waals surface area contributed by atoms with E-state index in [2.05, 4.69) is 10.4 Å². The van der Waals surface area contributed by atoms with E-state index in [1.165, 1.54) is 0 Å². The van der Waals surface area contributed by atoms with Crippen LogP contribution in [0.15, 0.2) is 54.6 Å². The number of hydrogen-bond acceptors (Lipinski definition) is 5. The molecule has 8 heteroatoms. The summed E-state index contributed by atoms with van der Waals surface area (Å²) in [4.78, 5) is 27.0. The highest BCUT2D eigenvalue weighted by Crippen LogP contribution is 2.24. The predicted molar refractivity (Wildman–Crippen MR) is 124 cm³/mol. The fourth-order valence-electron chi connectivity index (χ4n) is 3.68. The number of rotatable bonds is 8. The van der Waals surface area contributed by atoms with Crippen molar-refractivity contribution in [1.29, 1.82) is 0 Å². The lowest BCUT2D eigenvalue weighted by Gasteiger charge is -2.26. The van der Waals surface area contributed by atoms with Crippen LogP contribution in [0.25, 0.3) is 11.3 Å². The summed E-state index contributed by atoms with van der Waals surface area (Å²) >= 11 is 0. The summed E-state index contributed by atoms with van der Waals surface area (Å²) in [6.07, 6.45) is 0.112. The highest BCUT2D eigenvalue weighted by molar-refractivity contribution is 5.96. The van der Waals surface area contributed by atoms with Crippen LogP contribution < -0.4 is 14.8 Å². The molecule has 0 unspecified atom stereocenters. The summed E-state index contributed by atoms with van der Waals surface area (Å²) < 4.78 is 12.5. The summed E-state index contributed by atoms with van der Waals surface area (Å²) in [5.74, 6) is 1.16. The van der Waals surface area contributed by atoms with Crippen LogP contribution in [0, 0.1) is 0 Å². The minimum atomic E-state index is -0.200. The first-order valence-electron chi connectivity index (χ1n) is 11.0. The molecule has 4 rings (SSSR count). The molecule has 1 aliphatic heterocycles. The minimum absolute atomic E-state index is 0.0103. The first-order valence-corrected chi connectivity index (χ1v) is 11.0. The lowest BCUT2D eigenvalue weighted by atomic mass is 10.1. The molecule has 0 atom stereocenters. The molecule has 0 spiro atoms. The molecule has 172 valence electrons. The van der Waals surface area contributed by atoms with E-state index < -0.39 is 0 Å². The Morgan fingerprint density at radius 1 is 1.06 bits per heavy atom. The molecule has 8 nitrogen and oxygen atoms in total. The number of fused-ring (bicyclic) bond motifs is 1. The zero-order valence-corrected chi connectivity index (χ0v) is 19.1. The standard InChI is InChI=1S/C25H28N4O4/c1-17(2)33-21-8-4-18(5-9-21)15-26-24(30)16-28-12-13-29-23(25(28)31)14-22(27-29)19-6-10-20(32-3)11-7-19/h4-11,14,17H,12-13,15-16H2,1-3H3,(H,26,30). The van der Waals surface area contributed by atoms with Gasteiger partial charge in [0.2, 0.25) is 5.91 Å². The van der Waals surface area contributed by atoms with Crippen LogP contribution in [0.3, 0.4) is 0 Å². The van der Waals surface area contributed by atoms with Crippen LogP contribution >= 0.6 is 0 Å². The van der Waals surface area contributed by atoms with E-state index in [9.17, 15) is 9.59 Å². The number of aromatic nitrogens is 2. The van der Waals surface area contributed by atoms with E-state index in [4.69, 9.17) is 9.47 Å². The third-order valence-electron chi connectivity index (χ3n) is 5.37. The molecule has 2 heterocycles. The molecule has 3 aromatic rings. The van der Waals surface area contributed by atoms with Crippen molar-refractivity contribution in [3.05, 3.63) is 65.9 Å². The minimum Gasteiger partial charge on any atom is -0.497 e. The number of benzene rings is 2. The van der Waals surface area contributed by atoms with Gasteiger partial charge < -0.3 is 19.7 Å². The molecule has 0 saturated heterocycles. The second kappa shape index (κ2) is 9.77. The average Bonchev–Trinajstić information content (AvgIpc) is 3.25. The quantitative estimate of drug-likeness (QED) is 0.572. The molecule has 0 fully saturated rings. The Morgan fingerprint density at radius 3 is 2.42 bits per heavy atom. The van der Waals surface area contributed by atoms with E-state index in [-0.39, 0.29) is 24.5 Å². The molecule has 0 aliphatic carbocycles. The average molecular weight is 449 g/mol. The zero-order chi connectivity index (χ0) is 23.4. The van der Waals surface area contributed by atoms with Gasteiger partial charge in [0.25, 0.3) is 5.91 Å². The number of nitrogens with one attached hydrogen (secondary N) is 1. The topological polar surface area (TPSA) is 85.7 Å². The first kappa shape index (κ1) is 22.4. The van der Waals surface area contributed by atoms with Crippen LogP contribution in [0.4, 0.5) is 0 Å². The Balaban J connectivity index is 1.34. The summed E-state index contributed by atoms with van der Waals surface area (Å²) in [7, 11) is 1.62. The molecule has 0 saturated carbocycles. The highest BCUT2D eigenvalue weighted by atomic mass is 16.5. The van der Waals surface area contributed by atoms with Crippen LogP contribution in [0.1, 0.15) is 29.9 Å². The second-order valence-electron chi connectivity index (χ2n) is 8.18. The fraction of sp³-hybridized carbons (Fsp3) is 0.320. The number of ether oxygens (including phenoxy) is 2. The maximum Gasteiger partial charge on any atom is 0.272 e. The van der Waals surface area contributed by atoms with Crippen molar-refractivity contribution in [2.24, 2.45) is 0 Å². The van der Waals surface area contributed by atoms with Crippen molar-refractivity contribution in [2.45, 2.75) is 33.0 Å². The summed E-state index contributed by atoms with van der Waals surface area (Å²) in [5.41, 5.74) is 3.07. The first-order chi connectivity index (χ1) is 15.9. The van der Waals surface area contributed by atoms with E-state index in [0.29, 0.717) is 25.3 Å². The Kier molecular flexibility index (Phi) is 6.63. The van der Waals surface area contributed by atoms with Crippen LogP contribution in [-0.4, -0.2) is 52.8 Å². The van der Waals surface area contributed by atoms with Crippen molar-refractivity contribution in [2.75, 3.05) is 20.2 Å². The van der Waals surface area contributed by atoms with Gasteiger partial charge in [-0.1, -0.05) is 12.1 Å². The van der Waals surface area contributed by atoms with Crippen LogP contribution in [0.5, 0.6) is 11.5 Å². The van der Waals surface area contributed by atoms with E-state index in [0.717, 1.165) is 28.3 Å². The Hall–Kier alpha value is -3.81. The molecule has 2 amide bonds. The molecular weight excluding hydrogens is 420 g/mol. The van der Waals surface area contributed by atoms with E-state index >= 15 is 0 Å². The van der Waals surface area contributed by atoms with E-state index in [1.807, 2.05) is 62.4 Å². The normalized spacial score (nSPS) is 13.1. The monoisotopic (exact) mass is 448 g/mol. The molecule has 1 aliphatic rings. The van der Waals surface area contributed by atoms with Crippen LogP contribution in [0.2, 0.25) is 0 Å². The SMILES string of the molecule is COc1ccc(-c2cc3n(n2)CCN(CC(=O)NCc2ccc(OC(C)C)cc2)C3=O)cc1. The molecule has 0 radical (unpaired) electrons. The number of methoxy groups -OCH3 is 1. The van der Waals surface area contributed by atoms with Gasteiger partial charge in [-0.2, -0.15) is 5.10 Å². The molecular formula is C25H28N4O4. The van der Waals surface area contributed by atoms with Crippen molar-refractivity contribution in [1.82, 2.24) is 20.0 Å². The van der Waals surface area contributed by atoms with Gasteiger partial charge >= 0.3 is 0 Å². The molecule has 1 N–H and O–H groups in total. The maximum absolute atomic E-state index is 12.9. The summed E-state index contributed by atoms with van der Waals surface area (Å²) in [6, 6.07) is 16.9. The van der Waals surface area contributed by atoms with Gasteiger partial charge in [-0.3, -0.25) is 14.3 Å². The predicted octanol–water partition coefficient (Wildman–Crippen LogP) is 3.12. The van der Waals surface area contributed by atoms with E-state index in [1.54, 1.807) is 22.8 Å². The van der Waals surface area contributed by atoms with Crippen molar-refractivity contribution in [3.63, 3.8) is 0 Å². The number of carbonyl (C=O) groups excluding carboxylic acids is 2. The number of hydrogen-bond donors (Lipinski definition) is 1. The van der Waals surface area contributed by atoms with Crippen molar-refractivity contribution < 1.29 is 19.1 Å². The number of nitrogens with zero attached hydrogens (tertiary/aromatic N) is 3. The molecule has 2 aromatic carbocycles. The third kappa shape index (κ3) is 5.34. The summed E-state index contributed by atoms with van der Waals surface area (Å²) in [6.45, 7) is 5.33. The smallest absolute Gasteiger partial charge is 0.272 e. The Bertz CT molecular complexity index is 1120. The maximum atomic E-state index is 12.9. The largest absolute Gasteiger partial charge is 0.497 e. The van der Waals surface area contributed by atoms with Gasteiger partial charge in [0.05, 0.1) is 32.0 Å². The Morgan fingerprint density at radius 2 is 1.76 bits per heavy atom. The molecule has 1 aromatic heterocycles. The fourth-order valence-corrected chi connectivity index (χ4v) is 3.68. The van der Waals surface area contributed by atoms with Gasteiger partial charge in [0, 0.05) is 18.7 Å². The number of amides is 2.